The molecule has 2 N–H and O–H groups in total. The fraction of sp³-hybridized carbons (Fsp3) is 0.727. The topological polar surface area (TPSA) is 78.5 Å². The number of nitrogens with zero attached hydrogens (tertiary/aromatic N) is 1. The smallest absolute Gasteiger partial charge is 0.325 e. The first-order valence-corrected chi connectivity index (χ1v) is 5.93. The second-order valence-electron chi connectivity index (χ2n) is 4.13. The second kappa shape index (κ2) is 6.22. The molecule has 0 radical (unpaired) electrons. The van der Waals surface area contributed by atoms with Crippen molar-refractivity contribution in [2.75, 3.05) is 19.6 Å². The first-order valence-electron chi connectivity index (χ1n) is 5.93. The number of nitrogens with one attached hydrogen (secondary N) is 2. The Bertz CT molecular complexity index is 297. The summed E-state index contributed by atoms with van der Waals surface area (Å²) in [5.74, 6) is -0.197. The zero-order valence-corrected chi connectivity index (χ0v) is 10.3. The lowest BCUT2D eigenvalue weighted by atomic mass is 10.0. The molecule has 6 heteroatoms. The van der Waals surface area contributed by atoms with E-state index in [1.807, 2.05) is 0 Å². The first kappa shape index (κ1) is 13.5. The largest absolute Gasteiger partial charge is 0.354 e. The van der Waals surface area contributed by atoms with Crippen molar-refractivity contribution in [3.05, 3.63) is 0 Å². The van der Waals surface area contributed by atoms with E-state index >= 15 is 0 Å². The third-order valence-electron chi connectivity index (χ3n) is 2.98. The van der Waals surface area contributed by atoms with Crippen LogP contribution in [0.4, 0.5) is 4.79 Å². The molecule has 1 saturated heterocycles. The van der Waals surface area contributed by atoms with Crippen LogP contribution in [0.25, 0.3) is 0 Å². The number of imide groups is 1. The van der Waals surface area contributed by atoms with E-state index in [4.69, 9.17) is 0 Å². The zero-order chi connectivity index (χ0) is 12.8. The lowest BCUT2D eigenvalue weighted by Crippen LogP contribution is -2.42. The average Bonchev–Trinajstić information content (AvgIpc) is 2.62. The van der Waals surface area contributed by atoms with Gasteiger partial charge in [-0.2, -0.15) is 0 Å². The maximum absolute atomic E-state index is 11.5. The predicted molar refractivity (Wildman–Crippen MR) is 62.2 cm³/mol. The molecule has 0 spiro atoms. The molecule has 17 heavy (non-hydrogen) atoms. The van der Waals surface area contributed by atoms with E-state index in [2.05, 4.69) is 24.5 Å². The monoisotopic (exact) mass is 241 g/mol. The molecule has 0 aliphatic carbocycles. The van der Waals surface area contributed by atoms with E-state index in [1.165, 1.54) is 0 Å². The van der Waals surface area contributed by atoms with Crippen LogP contribution in [0.2, 0.25) is 0 Å². The van der Waals surface area contributed by atoms with Crippen LogP contribution < -0.4 is 10.6 Å². The van der Waals surface area contributed by atoms with Crippen molar-refractivity contribution < 1.29 is 14.4 Å². The average molecular weight is 241 g/mol. The van der Waals surface area contributed by atoms with Crippen LogP contribution in [0, 0.1) is 5.92 Å². The molecule has 0 aromatic rings. The molecule has 6 nitrogen and oxygen atoms in total. The van der Waals surface area contributed by atoms with Crippen LogP contribution >= 0.6 is 0 Å². The van der Waals surface area contributed by atoms with Gasteiger partial charge in [-0.1, -0.05) is 26.7 Å². The van der Waals surface area contributed by atoms with Gasteiger partial charge in [0.05, 0.1) is 6.54 Å². The number of rotatable bonds is 6. The Morgan fingerprint density at radius 1 is 1.41 bits per heavy atom. The molecule has 0 bridgehead atoms. The zero-order valence-electron chi connectivity index (χ0n) is 10.3. The van der Waals surface area contributed by atoms with Gasteiger partial charge in [-0.15, -0.1) is 0 Å². The van der Waals surface area contributed by atoms with Gasteiger partial charge in [0.2, 0.25) is 5.91 Å². The summed E-state index contributed by atoms with van der Waals surface area (Å²) in [4.78, 5) is 34.9. The molecule has 0 unspecified atom stereocenters. The number of urea groups is 1. The highest BCUT2D eigenvalue weighted by atomic mass is 16.2. The highest BCUT2D eigenvalue weighted by molar-refractivity contribution is 6.04. The van der Waals surface area contributed by atoms with Crippen LogP contribution in [0.3, 0.4) is 0 Å². The number of hydrogen-bond donors (Lipinski definition) is 2. The summed E-state index contributed by atoms with van der Waals surface area (Å²) in [5, 5.41) is 5.11. The van der Waals surface area contributed by atoms with Gasteiger partial charge in [-0.3, -0.25) is 14.5 Å². The molecule has 1 rings (SSSR count). The Morgan fingerprint density at radius 3 is 2.53 bits per heavy atom. The van der Waals surface area contributed by atoms with E-state index in [9.17, 15) is 14.4 Å². The van der Waals surface area contributed by atoms with Crippen LogP contribution in [0.15, 0.2) is 0 Å². The summed E-state index contributed by atoms with van der Waals surface area (Å²) in [6, 6.07) is -0.493. The normalized spacial score (nSPS) is 15.4. The van der Waals surface area contributed by atoms with Crippen molar-refractivity contribution in [2.24, 2.45) is 5.92 Å². The summed E-state index contributed by atoms with van der Waals surface area (Å²) in [6.07, 6.45) is 2.00. The minimum Gasteiger partial charge on any atom is -0.354 e. The SMILES string of the molecule is CCC(CC)CNC(=O)CN1C(=O)CNC1=O. The first-order chi connectivity index (χ1) is 8.08. The van der Waals surface area contributed by atoms with Crippen LogP contribution in [-0.4, -0.2) is 42.4 Å². The third-order valence-corrected chi connectivity index (χ3v) is 2.98. The molecule has 4 amide bonds. The molecule has 1 fully saturated rings. The lowest BCUT2D eigenvalue weighted by molar-refractivity contribution is -0.130. The highest BCUT2D eigenvalue weighted by Gasteiger charge is 2.29. The molecular weight excluding hydrogens is 222 g/mol. The maximum Gasteiger partial charge on any atom is 0.325 e. The maximum atomic E-state index is 11.5. The summed E-state index contributed by atoms with van der Waals surface area (Å²) in [5.41, 5.74) is 0. The molecule has 0 aromatic carbocycles. The van der Waals surface area contributed by atoms with E-state index in [1.54, 1.807) is 0 Å². The van der Waals surface area contributed by atoms with Gasteiger partial charge < -0.3 is 10.6 Å². The predicted octanol–water partition coefficient (Wildman–Crippen LogP) is 0.0906. The molecule has 1 aliphatic heterocycles. The van der Waals surface area contributed by atoms with Crippen molar-refractivity contribution in [3.8, 4) is 0 Å². The van der Waals surface area contributed by atoms with E-state index in [-0.39, 0.29) is 24.9 Å². The van der Waals surface area contributed by atoms with E-state index < -0.39 is 6.03 Å². The Hall–Kier alpha value is -1.59. The summed E-state index contributed by atoms with van der Waals surface area (Å²) < 4.78 is 0. The van der Waals surface area contributed by atoms with Crippen molar-refractivity contribution in [1.29, 1.82) is 0 Å². The Kier molecular flexibility index (Phi) is 4.93. The Labute approximate surface area is 101 Å². The van der Waals surface area contributed by atoms with Crippen molar-refractivity contribution in [1.82, 2.24) is 15.5 Å². The summed E-state index contributed by atoms with van der Waals surface area (Å²) in [7, 11) is 0. The van der Waals surface area contributed by atoms with Crippen LogP contribution in [-0.2, 0) is 9.59 Å². The van der Waals surface area contributed by atoms with Gasteiger partial charge in [0.15, 0.2) is 0 Å². The number of amides is 4. The van der Waals surface area contributed by atoms with Gasteiger partial charge in [-0.05, 0) is 5.92 Å². The van der Waals surface area contributed by atoms with Gasteiger partial charge in [0.1, 0.15) is 6.54 Å². The van der Waals surface area contributed by atoms with Crippen molar-refractivity contribution in [3.63, 3.8) is 0 Å². The molecule has 0 saturated carbocycles. The standard InChI is InChI=1S/C11H19N3O3/c1-3-8(4-2)5-12-9(15)7-14-10(16)6-13-11(14)17/h8H,3-7H2,1-2H3,(H,12,15)(H,13,17). The molecular formula is C11H19N3O3. The molecule has 96 valence electrons. The quantitative estimate of drug-likeness (QED) is 0.647. The summed E-state index contributed by atoms with van der Waals surface area (Å²) in [6.45, 7) is 4.52. The van der Waals surface area contributed by atoms with Crippen LogP contribution in [0.5, 0.6) is 0 Å². The van der Waals surface area contributed by atoms with Gasteiger partial charge in [0, 0.05) is 6.54 Å². The Morgan fingerprint density at radius 2 is 2.06 bits per heavy atom. The third kappa shape index (κ3) is 3.72. The number of carbonyl (C=O) groups is 3. The van der Waals surface area contributed by atoms with Gasteiger partial charge >= 0.3 is 6.03 Å². The fourth-order valence-corrected chi connectivity index (χ4v) is 1.65. The molecule has 0 atom stereocenters. The van der Waals surface area contributed by atoms with Gasteiger partial charge in [-0.25, -0.2) is 4.79 Å². The number of carbonyl (C=O) groups excluding carboxylic acids is 3. The minimum atomic E-state index is -0.493. The number of hydrogen-bond acceptors (Lipinski definition) is 3. The molecule has 1 aliphatic rings. The Balaban J connectivity index is 2.34. The fourth-order valence-electron chi connectivity index (χ4n) is 1.65. The molecule has 0 aromatic heterocycles. The van der Waals surface area contributed by atoms with E-state index in [0.29, 0.717) is 12.5 Å². The van der Waals surface area contributed by atoms with E-state index in [0.717, 1.165) is 17.7 Å². The summed E-state index contributed by atoms with van der Waals surface area (Å²) >= 11 is 0. The highest BCUT2D eigenvalue weighted by Crippen LogP contribution is 2.05. The van der Waals surface area contributed by atoms with Gasteiger partial charge in [0.25, 0.3) is 5.91 Å². The van der Waals surface area contributed by atoms with Crippen molar-refractivity contribution in [2.45, 2.75) is 26.7 Å². The minimum absolute atomic E-state index is 0.0152. The van der Waals surface area contributed by atoms with Crippen LogP contribution in [0.1, 0.15) is 26.7 Å². The lowest BCUT2D eigenvalue weighted by Gasteiger charge is -2.15. The molecule has 1 heterocycles. The second-order valence-corrected chi connectivity index (χ2v) is 4.13. The van der Waals surface area contributed by atoms with Crippen molar-refractivity contribution >= 4 is 17.8 Å².